The molecule has 2 aromatic carbocycles. The quantitative estimate of drug-likeness (QED) is 0.699. The number of hydrogen-bond donors (Lipinski definition) is 0. The molecule has 0 aromatic heterocycles. The molecule has 4 rings (SSSR count). The standard InChI is InChI=1S/C23H26N2O3S/c1-28-24-21-12-14-23(17-19-8-4-2-5-9-19)18-25(15-13-20(23)16-21)29(26,27)22-10-6-3-7-11-22/h2-11,16H,12-15,17-18H2,1H3/b24-21+. The number of rotatable bonds is 5. The number of sulfonamides is 1. The van der Waals surface area contributed by atoms with E-state index in [-0.39, 0.29) is 5.41 Å². The first-order valence-electron chi connectivity index (χ1n) is 9.94. The van der Waals surface area contributed by atoms with E-state index in [1.54, 1.807) is 35.7 Å². The Morgan fingerprint density at radius 2 is 1.72 bits per heavy atom. The lowest BCUT2D eigenvalue weighted by Gasteiger charge is -2.46. The predicted molar refractivity (Wildman–Crippen MR) is 114 cm³/mol. The van der Waals surface area contributed by atoms with E-state index in [9.17, 15) is 8.42 Å². The second kappa shape index (κ2) is 8.13. The first-order chi connectivity index (χ1) is 14.0. The van der Waals surface area contributed by atoms with Gasteiger partial charge < -0.3 is 4.84 Å². The summed E-state index contributed by atoms with van der Waals surface area (Å²) >= 11 is 0. The highest BCUT2D eigenvalue weighted by Gasteiger charge is 2.44. The monoisotopic (exact) mass is 410 g/mol. The van der Waals surface area contributed by atoms with E-state index < -0.39 is 10.0 Å². The molecule has 1 aliphatic heterocycles. The Labute approximate surface area is 172 Å². The molecule has 152 valence electrons. The van der Waals surface area contributed by atoms with Gasteiger partial charge in [0.05, 0.1) is 10.6 Å². The molecule has 1 fully saturated rings. The van der Waals surface area contributed by atoms with Crippen LogP contribution in [0.4, 0.5) is 0 Å². The lowest BCUT2D eigenvalue weighted by molar-refractivity contribution is 0.191. The SMILES string of the molecule is CO/N=C1/C=C2CCN(S(=O)(=O)c3ccccc3)CC2(Cc2ccccc2)CC1. The number of allylic oxidation sites excluding steroid dienone is 1. The van der Waals surface area contributed by atoms with Crippen LogP contribution in [0.5, 0.6) is 0 Å². The number of fused-ring (bicyclic) bond motifs is 1. The van der Waals surface area contributed by atoms with E-state index in [1.165, 1.54) is 11.1 Å². The fourth-order valence-electron chi connectivity index (χ4n) is 4.51. The minimum atomic E-state index is -3.52. The average molecular weight is 411 g/mol. The van der Waals surface area contributed by atoms with Crippen molar-refractivity contribution < 1.29 is 13.3 Å². The average Bonchev–Trinajstić information content (AvgIpc) is 2.75. The van der Waals surface area contributed by atoms with Gasteiger partial charge in [-0.2, -0.15) is 4.31 Å². The molecule has 0 saturated carbocycles. The molecule has 29 heavy (non-hydrogen) atoms. The second-order valence-corrected chi connectivity index (χ2v) is 9.72. The van der Waals surface area contributed by atoms with Crippen molar-refractivity contribution in [3.05, 3.63) is 77.9 Å². The van der Waals surface area contributed by atoms with Gasteiger partial charge in [-0.15, -0.1) is 0 Å². The van der Waals surface area contributed by atoms with Crippen LogP contribution in [0.15, 0.2) is 82.4 Å². The third-order valence-electron chi connectivity index (χ3n) is 5.97. The number of piperidine rings is 1. The third kappa shape index (κ3) is 4.00. The zero-order chi connectivity index (χ0) is 20.3. The Morgan fingerprint density at radius 1 is 1.03 bits per heavy atom. The van der Waals surface area contributed by atoms with E-state index in [0.29, 0.717) is 24.4 Å². The lowest BCUT2D eigenvalue weighted by atomic mass is 9.66. The molecule has 2 aromatic rings. The molecule has 0 N–H and O–H groups in total. The molecule has 0 amide bonds. The number of nitrogens with zero attached hydrogens (tertiary/aromatic N) is 2. The Bertz CT molecular complexity index is 1020. The number of hydrogen-bond acceptors (Lipinski definition) is 4. The topological polar surface area (TPSA) is 59.0 Å². The van der Waals surface area contributed by atoms with Gasteiger partial charge in [0.15, 0.2) is 0 Å². The maximum atomic E-state index is 13.3. The molecule has 5 nitrogen and oxygen atoms in total. The van der Waals surface area contributed by atoms with Crippen molar-refractivity contribution in [3.8, 4) is 0 Å². The first-order valence-corrected chi connectivity index (χ1v) is 11.4. The molecule has 1 atom stereocenters. The molecule has 0 spiro atoms. The van der Waals surface area contributed by atoms with Crippen molar-refractivity contribution in [3.63, 3.8) is 0 Å². The summed E-state index contributed by atoms with van der Waals surface area (Å²) < 4.78 is 28.2. The van der Waals surface area contributed by atoms with Gasteiger partial charge in [0, 0.05) is 18.5 Å². The summed E-state index contributed by atoms with van der Waals surface area (Å²) in [6.07, 6.45) is 5.30. The van der Waals surface area contributed by atoms with Crippen LogP contribution >= 0.6 is 0 Å². The smallest absolute Gasteiger partial charge is 0.243 e. The third-order valence-corrected chi connectivity index (χ3v) is 7.83. The molecule has 6 heteroatoms. The van der Waals surface area contributed by atoms with Crippen LogP contribution in [0.1, 0.15) is 24.8 Å². The van der Waals surface area contributed by atoms with Crippen molar-refractivity contribution in [1.29, 1.82) is 0 Å². The van der Waals surface area contributed by atoms with Crippen LogP contribution in [0, 0.1) is 5.41 Å². The minimum Gasteiger partial charge on any atom is -0.399 e. The van der Waals surface area contributed by atoms with Crippen LogP contribution < -0.4 is 0 Å². The summed E-state index contributed by atoms with van der Waals surface area (Å²) in [5.74, 6) is 0. The Kier molecular flexibility index (Phi) is 5.56. The van der Waals surface area contributed by atoms with Crippen molar-refractivity contribution in [1.82, 2.24) is 4.31 Å². The van der Waals surface area contributed by atoms with Gasteiger partial charge in [0.25, 0.3) is 0 Å². The molecule has 2 aliphatic rings. The van der Waals surface area contributed by atoms with Crippen LogP contribution in [0.2, 0.25) is 0 Å². The molecule has 1 saturated heterocycles. The fraction of sp³-hybridized carbons (Fsp3) is 0.348. The molecule has 1 heterocycles. The summed E-state index contributed by atoms with van der Waals surface area (Å²) in [5.41, 5.74) is 3.23. The predicted octanol–water partition coefficient (Wildman–Crippen LogP) is 4.03. The van der Waals surface area contributed by atoms with E-state index in [4.69, 9.17) is 4.84 Å². The Morgan fingerprint density at radius 3 is 2.41 bits per heavy atom. The highest BCUT2D eigenvalue weighted by Crippen LogP contribution is 2.46. The zero-order valence-electron chi connectivity index (χ0n) is 16.6. The van der Waals surface area contributed by atoms with Crippen molar-refractivity contribution in [2.45, 2.75) is 30.6 Å². The second-order valence-electron chi connectivity index (χ2n) is 7.78. The van der Waals surface area contributed by atoms with E-state index >= 15 is 0 Å². The summed E-state index contributed by atoms with van der Waals surface area (Å²) in [5, 5.41) is 4.14. The number of benzene rings is 2. The van der Waals surface area contributed by atoms with Gasteiger partial charge in [0.1, 0.15) is 7.11 Å². The Balaban J connectivity index is 1.70. The van der Waals surface area contributed by atoms with E-state index in [2.05, 4.69) is 23.4 Å². The van der Waals surface area contributed by atoms with Crippen LogP contribution in [-0.2, 0) is 21.3 Å². The number of oxime groups is 1. The molecule has 1 unspecified atom stereocenters. The molecule has 1 aliphatic carbocycles. The molecule has 0 bridgehead atoms. The zero-order valence-corrected chi connectivity index (χ0v) is 17.4. The van der Waals surface area contributed by atoms with Gasteiger partial charge in [-0.05, 0) is 49.5 Å². The van der Waals surface area contributed by atoms with Crippen LogP contribution in [0.25, 0.3) is 0 Å². The van der Waals surface area contributed by atoms with E-state index in [0.717, 1.165) is 25.0 Å². The lowest BCUT2D eigenvalue weighted by Crippen LogP contribution is -2.49. The largest absolute Gasteiger partial charge is 0.399 e. The summed E-state index contributed by atoms with van der Waals surface area (Å²) in [7, 11) is -1.95. The van der Waals surface area contributed by atoms with Crippen molar-refractivity contribution >= 4 is 15.7 Å². The summed E-state index contributed by atoms with van der Waals surface area (Å²) in [6.45, 7) is 0.977. The van der Waals surface area contributed by atoms with Gasteiger partial charge in [0.2, 0.25) is 10.0 Å². The summed E-state index contributed by atoms with van der Waals surface area (Å²) in [6, 6.07) is 19.1. The van der Waals surface area contributed by atoms with Crippen molar-refractivity contribution in [2.75, 3.05) is 20.2 Å². The van der Waals surface area contributed by atoms with Gasteiger partial charge >= 0.3 is 0 Å². The fourth-order valence-corrected chi connectivity index (χ4v) is 6.06. The highest BCUT2D eigenvalue weighted by molar-refractivity contribution is 7.89. The van der Waals surface area contributed by atoms with E-state index in [1.807, 2.05) is 24.3 Å². The normalized spacial score (nSPS) is 24.0. The molecular formula is C23H26N2O3S. The summed E-state index contributed by atoms with van der Waals surface area (Å²) in [4.78, 5) is 5.34. The first kappa shape index (κ1) is 19.9. The van der Waals surface area contributed by atoms with Gasteiger partial charge in [-0.25, -0.2) is 8.42 Å². The maximum absolute atomic E-state index is 13.3. The Hall–Kier alpha value is -2.44. The molecular weight excluding hydrogens is 384 g/mol. The van der Waals surface area contributed by atoms with Gasteiger partial charge in [-0.3, -0.25) is 0 Å². The minimum absolute atomic E-state index is 0.214. The van der Waals surface area contributed by atoms with Gasteiger partial charge in [-0.1, -0.05) is 59.3 Å². The van der Waals surface area contributed by atoms with Crippen LogP contribution in [-0.4, -0.2) is 38.6 Å². The maximum Gasteiger partial charge on any atom is 0.243 e. The molecule has 0 radical (unpaired) electrons. The van der Waals surface area contributed by atoms with Crippen molar-refractivity contribution in [2.24, 2.45) is 10.6 Å². The highest BCUT2D eigenvalue weighted by atomic mass is 32.2. The van der Waals surface area contributed by atoms with Crippen LogP contribution in [0.3, 0.4) is 0 Å².